The van der Waals surface area contributed by atoms with Gasteiger partial charge in [0.15, 0.2) is 0 Å². The third-order valence-electron chi connectivity index (χ3n) is 4.26. The van der Waals surface area contributed by atoms with Gasteiger partial charge >= 0.3 is 0 Å². The second kappa shape index (κ2) is 7.90. The van der Waals surface area contributed by atoms with Crippen molar-refractivity contribution in [3.8, 4) is 0 Å². The zero-order valence-corrected chi connectivity index (χ0v) is 14.8. The zero-order chi connectivity index (χ0) is 17.7. The number of carbonyl (C=O) groups is 2. The zero-order valence-electron chi connectivity index (χ0n) is 14.8. The fraction of sp³-hybridized carbons (Fsp3) is 0.421. The van der Waals surface area contributed by atoms with Crippen LogP contribution in [0.2, 0.25) is 0 Å². The second-order valence-electron chi connectivity index (χ2n) is 5.86. The first-order valence-electron chi connectivity index (χ1n) is 8.37. The molecule has 1 heterocycles. The van der Waals surface area contributed by atoms with E-state index in [9.17, 15) is 9.59 Å². The van der Waals surface area contributed by atoms with Gasteiger partial charge in [-0.1, -0.05) is 18.2 Å². The molecule has 128 valence electrons. The molecule has 2 amide bonds. The number of benzene rings is 1. The van der Waals surface area contributed by atoms with Crippen molar-refractivity contribution in [1.29, 1.82) is 0 Å². The average molecular weight is 327 g/mol. The molecular weight excluding hydrogens is 302 g/mol. The Morgan fingerprint density at radius 2 is 1.88 bits per heavy atom. The maximum Gasteiger partial charge on any atom is 0.239 e. The highest BCUT2D eigenvalue weighted by atomic mass is 16.2. The highest BCUT2D eigenvalue weighted by Crippen LogP contribution is 2.23. The highest BCUT2D eigenvalue weighted by molar-refractivity contribution is 5.88. The minimum Gasteiger partial charge on any atom is -0.355 e. The molecule has 0 aliphatic rings. The van der Waals surface area contributed by atoms with Gasteiger partial charge in [0.1, 0.15) is 0 Å². The first kappa shape index (κ1) is 17.9. The summed E-state index contributed by atoms with van der Waals surface area (Å²) in [5.41, 5.74) is 3.85. The topological polar surface area (TPSA) is 62.3 Å². The summed E-state index contributed by atoms with van der Waals surface area (Å²) in [6, 6.07) is 7.95. The molecule has 2 aromatic rings. The molecule has 5 nitrogen and oxygen atoms in total. The summed E-state index contributed by atoms with van der Waals surface area (Å²) in [4.78, 5) is 30.6. The Labute approximate surface area is 143 Å². The number of para-hydroxylation sites is 1. The quantitative estimate of drug-likeness (QED) is 0.886. The molecule has 0 unspecified atom stereocenters. The van der Waals surface area contributed by atoms with Crippen LogP contribution in [0.4, 0.5) is 0 Å². The van der Waals surface area contributed by atoms with Gasteiger partial charge < -0.3 is 10.2 Å². The SMILES string of the molecule is CCNC(=O)CN(CC)C(=O)Cc1c(C)nc2ccccc2c1C. The average Bonchev–Trinajstić information content (AvgIpc) is 2.56. The van der Waals surface area contributed by atoms with Gasteiger partial charge in [0.05, 0.1) is 18.5 Å². The number of fused-ring (bicyclic) bond motifs is 1. The maximum atomic E-state index is 12.6. The standard InChI is InChI=1S/C19H25N3O2/c1-5-20-18(23)12-22(6-2)19(24)11-16-13(3)15-9-7-8-10-17(15)21-14(16)4/h7-10H,5-6,11-12H2,1-4H3,(H,20,23). The van der Waals surface area contributed by atoms with Crippen molar-refractivity contribution >= 4 is 22.7 Å². The minimum absolute atomic E-state index is 0.0490. The molecular formula is C19H25N3O2. The molecule has 1 aromatic carbocycles. The van der Waals surface area contributed by atoms with Crippen LogP contribution in [0.5, 0.6) is 0 Å². The molecule has 0 saturated heterocycles. The van der Waals surface area contributed by atoms with Gasteiger partial charge in [-0.3, -0.25) is 14.6 Å². The van der Waals surface area contributed by atoms with Crippen molar-refractivity contribution in [3.05, 3.63) is 41.1 Å². The lowest BCUT2D eigenvalue weighted by Gasteiger charge is -2.21. The minimum atomic E-state index is -0.127. The number of hydrogen-bond donors (Lipinski definition) is 1. The van der Waals surface area contributed by atoms with Crippen molar-refractivity contribution in [2.45, 2.75) is 34.1 Å². The Balaban J connectivity index is 2.24. The van der Waals surface area contributed by atoms with Crippen LogP contribution in [0.3, 0.4) is 0 Å². The molecule has 1 N–H and O–H groups in total. The van der Waals surface area contributed by atoms with Crippen LogP contribution in [-0.2, 0) is 16.0 Å². The van der Waals surface area contributed by atoms with Gasteiger partial charge in [-0.05, 0) is 44.9 Å². The van der Waals surface area contributed by atoms with Crippen LogP contribution in [-0.4, -0.2) is 41.3 Å². The number of pyridine rings is 1. The Morgan fingerprint density at radius 3 is 2.54 bits per heavy atom. The predicted molar refractivity (Wildman–Crippen MR) is 95.9 cm³/mol. The van der Waals surface area contributed by atoms with Crippen molar-refractivity contribution < 1.29 is 9.59 Å². The van der Waals surface area contributed by atoms with Crippen LogP contribution >= 0.6 is 0 Å². The fourth-order valence-corrected chi connectivity index (χ4v) is 2.90. The van der Waals surface area contributed by atoms with E-state index in [1.807, 2.05) is 52.0 Å². The van der Waals surface area contributed by atoms with Gasteiger partial charge in [0.25, 0.3) is 0 Å². The van der Waals surface area contributed by atoms with E-state index < -0.39 is 0 Å². The largest absolute Gasteiger partial charge is 0.355 e. The Kier molecular flexibility index (Phi) is 5.90. The number of rotatable bonds is 6. The van der Waals surface area contributed by atoms with Crippen LogP contribution in [0.1, 0.15) is 30.7 Å². The number of carbonyl (C=O) groups excluding carboxylic acids is 2. The molecule has 5 heteroatoms. The van der Waals surface area contributed by atoms with E-state index in [0.29, 0.717) is 13.1 Å². The fourth-order valence-electron chi connectivity index (χ4n) is 2.90. The lowest BCUT2D eigenvalue weighted by molar-refractivity contribution is -0.135. The number of hydrogen-bond acceptors (Lipinski definition) is 3. The highest BCUT2D eigenvalue weighted by Gasteiger charge is 2.19. The van der Waals surface area contributed by atoms with Gasteiger partial charge in [0.2, 0.25) is 11.8 Å². The van der Waals surface area contributed by atoms with Gasteiger partial charge in [-0.2, -0.15) is 0 Å². The summed E-state index contributed by atoms with van der Waals surface area (Å²) in [5.74, 6) is -0.176. The smallest absolute Gasteiger partial charge is 0.239 e. The first-order valence-corrected chi connectivity index (χ1v) is 8.37. The van der Waals surface area contributed by atoms with E-state index in [1.165, 1.54) is 0 Å². The summed E-state index contributed by atoms with van der Waals surface area (Å²) in [5, 5.41) is 3.80. The summed E-state index contributed by atoms with van der Waals surface area (Å²) in [6.07, 6.45) is 0.267. The van der Waals surface area contributed by atoms with Crippen LogP contribution in [0, 0.1) is 13.8 Å². The lowest BCUT2D eigenvalue weighted by Crippen LogP contribution is -2.41. The van der Waals surface area contributed by atoms with Crippen LogP contribution < -0.4 is 5.32 Å². The second-order valence-corrected chi connectivity index (χ2v) is 5.86. The summed E-state index contributed by atoms with van der Waals surface area (Å²) in [7, 11) is 0. The van der Waals surface area contributed by atoms with Crippen LogP contribution in [0.25, 0.3) is 10.9 Å². The molecule has 2 rings (SSSR count). The summed E-state index contributed by atoms with van der Waals surface area (Å²) in [6.45, 7) is 8.88. The number of nitrogens with one attached hydrogen (secondary N) is 1. The molecule has 0 bridgehead atoms. The van der Waals surface area contributed by atoms with Crippen LogP contribution in [0.15, 0.2) is 24.3 Å². The van der Waals surface area contributed by atoms with E-state index in [-0.39, 0.29) is 24.8 Å². The number of aryl methyl sites for hydroxylation is 2. The van der Waals surface area contributed by atoms with E-state index in [2.05, 4.69) is 10.3 Å². The molecule has 0 saturated carbocycles. The number of amides is 2. The number of nitrogens with zero attached hydrogens (tertiary/aromatic N) is 2. The molecule has 0 aliphatic carbocycles. The molecule has 24 heavy (non-hydrogen) atoms. The monoisotopic (exact) mass is 327 g/mol. The van der Waals surface area contributed by atoms with Gasteiger partial charge in [-0.25, -0.2) is 0 Å². The van der Waals surface area contributed by atoms with Crippen molar-refractivity contribution in [2.24, 2.45) is 0 Å². The number of aromatic nitrogens is 1. The Morgan fingerprint density at radius 1 is 1.17 bits per heavy atom. The van der Waals surface area contributed by atoms with E-state index in [4.69, 9.17) is 0 Å². The molecule has 0 spiro atoms. The van der Waals surface area contributed by atoms with Crippen molar-refractivity contribution in [2.75, 3.05) is 19.6 Å². The molecule has 0 aliphatic heterocycles. The third kappa shape index (κ3) is 3.91. The summed E-state index contributed by atoms with van der Waals surface area (Å²) >= 11 is 0. The molecule has 1 aromatic heterocycles. The Bertz CT molecular complexity index is 756. The van der Waals surface area contributed by atoms with E-state index in [1.54, 1.807) is 4.90 Å². The maximum absolute atomic E-state index is 12.6. The number of likely N-dealkylation sites (N-methyl/N-ethyl adjacent to an activating group) is 2. The normalized spacial score (nSPS) is 10.7. The molecule has 0 fully saturated rings. The third-order valence-corrected chi connectivity index (χ3v) is 4.26. The van der Waals surface area contributed by atoms with Crippen molar-refractivity contribution in [3.63, 3.8) is 0 Å². The van der Waals surface area contributed by atoms with Gasteiger partial charge in [-0.15, -0.1) is 0 Å². The van der Waals surface area contributed by atoms with Gasteiger partial charge in [0, 0.05) is 24.2 Å². The Hall–Kier alpha value is -2.43. The predicted octanol–water partition coefficient (Wildman–Crippen LogP) is 2.38. The first-order chi connectivity index (χ1) is 11.5. The van der Waals surface area contributed by atoms with E-state index in [0.717, 1.165) is 27.7 Å². The van der Waals surface area contributed by atoms with E-state index >= 15 is 0 Å². The lowest BCUT2D eigenvalue weighted by atomic mass is 9.99. The summed E-state index contributed by atoms with van der Waals surface area (Å²) < 4.78 is 0. The molecule has 0 atom stereocenters. The molecule has 0 radical (unpaired) electrons. The van der Waals surface area contributed by atoms with Crippen molar-refractivity contribution in [1.82, 2.24) is 15.2 Å².